The minimum Gasteiger partial charge on any atom is -0.444 e. The molecule has 0 bridgehead atoms. The second-order valence-electron chi connectivity index (χ2n) is 11.4. The van der Waals surface area contributed by atoms with Gasteiger partial charge in [-0.05, 0) is 77.8 Å². The molecule has 210 valence electrons. The van der Waals surface area contributed by atoms with Gasteiger partial charge < -0.3 is 25.4 Å². The summed E-state index contributed by atoms with van der Waals surface area (Å²) in [6, 6.07) is 3.35. The second kappa shape index (κ2) is 15.0. The van der Waals surface area contributed by atoms with Crippen LogP contribution in [0.4, 0.5) is 4.79 Å². The molecule has 3 amide bonds. The third-order valence-electron chi connectivity index (χ3n) is 6.15. The van der Waals surface area contributed by atoms with E-state index in [-0.39, 0.29) is 11.9 Å². The highest BCUT2D eigenvalue weighted by Gasteiger charge is 2.39. The third-order valence-corrected chi connectivity index (χ3v) is 6.15. The van der Waals surface area contributed by atoms with Crippen molar-refractivity contribution in [1.29, 1.82) is 0 Å². The first-order chi connectivity index (χ1) is 17.2. The lowest BCUT2D eigenvalue weighted by atomic mass is 9.93. The zero-order chi connectivity index (χ0) is 28.3. The Morgan fingerprint density at radius 1 is 1.08 bits per heavy atom. The molecule has 0 radical (unpaired) electrons. The van der Waals surface area contributed by atoms with Gasteiger partial charge in [0.25, 0.3) is 0 Å². The molecule has 0 heterocycles. The number of amides is 3. The average molecular weight is 520 g/mol. The van der Waals surface area contributed by atoms with Crippen molar-refractivity contribution < 1.29 is 24.2 Å². The number of aryl methyl sites for hydroxylation is 2. The molecular weight excluding hydrogens is 470 g/mol. The first kappa shape index (κ1) is 32.4. The summed E-state index contributed by atoms with van der Waals surface area (Å²) < 4.78 is 5.32. The minimum absolute atomic E-state index is 0.277. The maximum absolute atomic E-state index is 14.0. The summed E-state index contributed by atoms with van der Waals surface area (Å²) >= 11 is 0. The van der Waals surface area contributed by atoms with Gasteiger partial charge in [-0.3, -0.25) is 9.59 Å². The van der Waals surface area contributed by atoms with E-state index in [2.05, 4.69) is 24.5 Å². The van der Waals surface area contributed by atoms with Gasteiger partial charge in [-0.25, -0.2) is 4.79 Å². The zero-order valence-electron chi connectivity index (χ0n) is 24.3. The molecule has 8 nitrogen and oxygen atoms in total. The summed E-state index contributed by atoms with van der Waals surface area (Å²) in [5.41, 5.74) is 1.82. The van der Waals surface area contributed by atoms with Crippen LogP contribution >= 0.6 is 0 Å². The highest BCUT2D eigenvalue weighted by molar-refractivity contribution is 5.92. The topological polar surface area (TPSA) is 108 Å². The second-order valence-corrected chi connectivity index (χ2v) is 11.4. The number of benzene rings is 1. The van der Waals surface area contributed by atoms with E-state index in [9.17, 15) is 19.5 Å². The lowest BCUT2D eigenvalue weighted by Gasteiger charge is -2.39. The Balaban J connectivity index is 3.56. The Morgan fingerprint density at radius 3 is 2.27 bits per heavy atom. The van der Waals surface area contributed by atoms with Crippen molar-refractivity contribution in [2.75, 3.05) is 13.2 Å². The van der Waals surface area contributed by atoms with Gasteiger partial charge in [0.2, 0.25) is 11.8 Å². The highest BCUT2D eigenvalue weighted by Crippen LogP contribution is 2.30. The standard InChI is InChI=1S/C29H49N3O5/c1-10-11-16-30-26(34)25(23-17-20(4)13-14-21(23)5)32(22(6)15-12-19(2)3)27(35)24(18-33)31-28(36)37-29(7,8)9/h13-14,17,19,22,24-25,33H,10-12,15-16,18H2,1-9H3,(H,30,34)(H,31,36). The Morgan fingerprint density at radius 2 is 1.73 bits per heavy atom. The number of aliphatic hydroxyl groups excluding tert-OH is 1. The van der Waals surface area contributed by atoms with Gasteiger partial charge in [-0.2, -0.15) is 0 Å². The molecule has 0 aliphatic heterocycles. The van der Waals surface area contributed by atoms with E-state index in [1.54, 1.807) is 25.7 Å². The van der Waals surface area contributed by atoms with Crippen LogP contribution < -0.4 is 10.6 Å². The molecule has 0 aliphatic rings. The Hall–Kier alpha value is -2.61. The van der Waals surface area contributed by atoms with Crippen molar-refractivity contribution >= 4 is 17.9 Å². The van der Waals surface area contributed by atoms with Gasteiger partial charge in [0.15, 0.2) is 0 Å². The number of carbonyl (C=O) groups excluding carboxylic acids is 3. The van der Waals surface area contributed by atoms with Gasteiger partial charge in [0.05, 0.1) is 6.61 Å². The van der Waals surface area contributed by atoms with Gasteiger partial charge in [0, 0.05) is 12.6 Å². The molecule has 3 N–H and O–H groups in total. The predicted octanol–water partition coefficient (Wildman–Crippen LogP) is 4.80. The van der Waals surface area contributed by atoms with Crippen molar-refractivity contribution in [3.05, 3.63) is 34.9 Å². The quantitative estimate of drug-likeness (QED) is 0.325. The summed E-state index contributed by atoms with van der Waals surface area (Å²) in [5.74, 6) is -0.396. The van der Waals surface area contributed by atoms with Crippen molar-refractivity contribution in [1.82, 2.24) is 15.5 Å². The first-order valence-corrected chi connectivity index (χ1v) is 13.5. The number of rotatable bonds is 13. The largest absolute Gasteiger partial charge is 0.444 e. The monoisotopic (exact) mass is 519 g/mol. The maximum atomic E-state index is 14.0. The van der Waals surface area contributed by atoms with E-state index in [1.165, 1.54) is 0 Å². The van der Waals surface area contributed by atoms with E-state index in [0.717, 1.165) is 36.0 Å². The van der Waals surface area contributed by atoms with Crippen LogP contribution in [-0.2, 0) is 14.3 Å². The van der Waals surface area contributed by atoms with Crippen LogP contribution in [0.5, 0.6) is 0 Å². The lowest BCUT2D eigenvalue weighted by Crippen LogP contribution is -2.56. The first-order valence-electron chi connectivity index (χ1n) is 13.5. The normalized spacial score (nSPS) is 14.0. The van der Waals surface area contributed by atoms with Crippen molar-refractivity contribution in [3.63, 3.8) is 0 Å². The lowest BCUT2D eigenvalue weighted by molar-refractivity contribution is -0.146. The fourth-order valence-corrected chi connectivity index (χ4v) is 4.08. The molecule has 1 aromatic carbocycles. The number of hydrogen-bond donors (Lipinski definition) is 3. The minimum atomic E-state index is -1.26. The molecule has 37 heavy (non-hydrogen) atoms. The molecule has 0 spiro atoms. The smallest absolute Gasteiger partial charge is 0.408 e. The number of unbranched alkanes of at least 4 members (excludes halogenated alkanes) is 1. The fourth-order valence-electron chi connectivity index (χ4n) is 4.08. The molecule has 0 fully saturated rings. The summed E-state index contributed by atoms with van der Waals surface area (Å²) in [4.78, 5) is 41.8. The fraction of sp³-hybridized carbons (Fsp3) is 0.690. The summed E-state index contributed by atoms with van der Waals surface area (Å²) in [5, 5.41) is 15.7. The van der Waals surface area contributed by atoms with Crippen molar-refractivity contribution in [2.45, 2.75) is 112 Å². The van der Waals surface area contributed by atoms with E-state index >= 15 is 0 Å². The van der Waals surface area contributed by atoms with Gasteiger partial charge in [-0.1, -0.05) is 51.0 Å². The molecule has 3 atom stereocenters. The third kappa shape index (κ3) is 10.7. The van der Waals surface area contributed by atoms with Crippen LogP contribution in [-0.4, -0.2) is 58.8 Å². The number of alkyl carbamates (subject to hydrolysis) is 1. The summed E-state index contributed by atoms with van der Waals surface area (Å²) in [6.45, 7) is 17.1. The van der Waals surface area contributed by atoms with Gasteiger partial charge in [0.1, 0.15) is 17.7 Å². The van der Waals surface area contributed by atoms with Crippen molar-refractivity contribution in [3.8, 4) is 0 Å². The van der Waals surface area contributed by atoms with E-state index in [0.29, 0.717) is 18.9 Å². The molecule has 0 aromatic heterocycles. The molecule has 0 aliphatic carbocycles. The summed E-state index contributed by atoms with van der Waals surface area (Å²) in [7, 11) is 0. The Kier molecular flexibility index (Phi) is 13.1. The SMILES string of the molecule is CCCCNC(=O)C(c1cc(C)ccc1C)N(C(=O)C(CO)NC(=O)OC(C)(C)C)C(C)CCC(C)C. The number of nitrogens with zero attached hydrogens (tertiary/aromatic N) is 1. The van der Waals surface area contributed by atoms with E-state index in [1.807, 2.05) is 45.9 Å². The van der Waals surface area contributed by atoms with Crippen LogP contribution in [0.25, 0.3) is 0 Å². The molecule has 1 aromatic rings. The van der Waals surface area contributed by atoms with Crippen LogP contribution in [0.1, 0.15) is 96.9 Å². The van der Waals surface area contributed by atoms with Crippen LogP contribution in [0.2, 0.25) is 0 Å². The maximum Gasteiger partial charge on any atom is 0.408 e. The Bertz CT molecular complexity index is 894. The highest BCUT2D eigenvalue weighted by atomic mass is 16.6. The number of carbonyl (C=O) groups is 3. The number of aliphatic hydroxyl groups is 1. The number of hydrogen-bond acceptors (Lipinski definition) is 5. The van der Waals surface area contributed by atoms with Crippen LogP contribution in [0, 0.1) is 19.8 Å². The zero-order valence-corrected chi connectivity index (χ0v) is 24.3. The van der Waals surface area contributed by atoms with Crippen LogP contribution in [0.3, 0.4) is 0 Å². The van der Waals surface area contributed by atoms with Crippen LogP contribution in [0.15, 0.2) is 18.2 Å². The molecule has 0 saturated carbocycles. The molecular formula is C29H49N3O5. The predicted molar refractivity (Wildman–Crippen MR) is 147 cm³/mol. The Labute approximate surface area is 223 Å². The van der Waals surface area contributed by atoms with E-state index < -0.39 is 36.3 Å². The molecule has 1 rings (SSSR count). The molecule has 3 unspecified atom stereocenters. The molecule has 0 saturated heterocycles. The van der Waals surface area contributed by atoms with Crippen molar-refractivity contribution in [2.24, 2.45) is 5.92 Å². The molecule has 8 heteroatoms. The average Bonchev–Trinajstić information content (AvgIpc) is 2.79. The summed E-state index contributed by atoms with van der Waals surface area (Å²) in [6.07, 6.45) is 2.46. The van der Waals surface area contributed by atoms with Gasteiger partial charge >= 0.3 is 6.09 Å². The van der Waals surface area contributed by atoms with Gasteiger partial charge in [-0.15, -0.1) is 0 Å². The number of ether oxygens (including phenoxy) is 1. The van der Waals surface area contributed by atoms with E-state index in [4.69, 9.17) is 4.74 Å². The number of nitrogens with one attached hydrogen (secondary N) is 2.